The van der Waals surface area contributed by atoms with E-state index in [1.165, 1.54) is 22.9 Å². The van der Waals surface area contributed by atoms with Crippen LogP contribution in [0.1, 0.15) is 19.4 Å². The predicted molar refractivity (Wildman–Crippen MR) is 93.6 cm³/mol. The normalized spacial score (nSPS) is 10.1. The molecule has 7 nitrogen and oxygen atoms in total. The zero-order valence-electron chi connectivity index (χ0n) is 14.4. The second-order valence-corrected chi connectivity index (χ2v) is 5.08. The molecule has 3 rings (SSSR count). The van der Waals surface area contributed by atoms with E-state index in [-0.39, 0.29) is 22.8 Å². The highest BCUT2D eigenvalue weighted by Crippen LogP contribution is 2.28. The Kier molecular flexibility index (Phi) is 5.53. The van der Waals surface area contributed by atoms with E-state index >= 15 is 0 Å². The molecule has 0 amide bonds. The maximum Gasteiger partial charge on any atom is 0.434 e. The Morgan fingerprint density at radius 2 is 1.92 bits per heavy atom. The van der Waals surface area contributed by atoms with Crippen molar-refractivity contribution in [1.82, 2.24) is 14.8 Å². The summed E-state index contributed by atoms with van der Waals surface area (Å²) >= 11 is 0. The molecule has 2 aromatic heterocycles. The fourth-order valence-corrected chi connectivity index (χ4v) is 2.12. The van der Waals surface area contributed by atoms with E-state index in [1.807, 2.05) is 13.8 Å². The smallest absolute Gasteiger partial charge is 0.388 e. The monoisotopic (exact) mass is 346 g/mol. The van der Waals surface area contributed by atoms with Crippen molar-refractivity contribution in [2.24, 2.45) is 7.05 Å². The topological polar surface area (TPSA) is 92.9 Å². The van der Waals surface area contributed by atoms with Crippen LogP contribution in [0.3, 0.4) is 0 Å². The Hall–Kier alpha value is -3.16. The number of H-pyrrole nitrogens is 1. The SMILES string of the molecule is CC.Cc1ccc(Nc2cc(=O)n(C)cc2-c2n[nH]c(=O)o2)c(F)c1. The standard InChI is InChI=1S/C15H13FN4O3.C2H6/c1-8-3-4-11(10(16)5-8)17-12-6-13(21)20(2)7-9(12)14-18-19-15(22)23-14;1-2/h3-7,17H,1-2H3,(H,19,22);1-2H3. The number of hydrogen-bond donors (Lipinski definition) is 2. The molecule has 2 N–H and O–H groups in total. The lowest BCUT2D eigenvalue weighted by Gasteiger charge is -2.12. The lowest BCUT2D eigenvalue weighted by Crippen LogP contribution is -2.16. The summed E-state index contributed by atoms with van der Waals surface area (Å²) in [6, 6.07) is 5.95. The molecule has 8 heteroatoms. The Labute approximate surface area is 143 Å². The molecule has 0 radical (unpaired) electrons. The number of anilines is 2. The first-order valence-corrected chi connectivity index (χ1v) is 7.74. The minimum absolute atomic E-state index is 0.000574. The van der Waals surface area contributed by atoms with E-state index in [0.29, 0.717) is 5.56 Å². The summed E-state index contributed by atoms with van der Waals surface area (Å²) in [4.78, 5) is 23.0. The van der Waals surface area contributed by atoms with Crippen LogP contribution in [0, 0.1) is 12.7 Å². The molecule has 0 aliphatic carbocycles. The number of pyridine rings is 1. The Morgan fingerprint density at radius 1 is 1.20 bits per heavy atom. The van der Waals surface area contributed by atoms with Gasteiger partial charge in [-0.1, -0.05) is 19.9 Å². The first kappa shape index (κ1) is 18.2. The first-order valence-electron chi connectivity index (χ1n) is 7.74. The molecule has 0 unspecified atom stereocenters. The highest BCUT2D eigenvalue weighted by atomic mass is 19.1. The Balaban J connectivity index is 0.00000109. The van der Waals surface area contributed by atoms with E-state index in [0.717, 1.165) is 5.56 Å². The number of halogens is 1. The molecule has 0 spiro atoms. The number of aromatic nitrogens is 3. The van der Waals surface area contributed by atoms with Crippen molar-refractivity contribution in [3.63, 3.8) is 0 Å². The van der Waals surface area contributed by atoms with E-state index in [1.54, 1.807) is 26.1 Å². The van der Waals surface area contributed by atoms with Crippen molar-refractivity contribution >= 4 is 11.4 Å². The second-order valence-electron chi connectivity index (χ2n) is 5.08. The van der Waals surface area contributed by atoms with Crippen LogP contribution in [-0.2, 0) is 7.05 Å². The maximum atomic E-state index is 14.0. The van der Waals surface area contributed by atoms with Gasteiger partial charge in [-0.15, -0.1) is 5.10 Å². The molecule has 2 heterocycles. The second kappa shape index (κ2) is 7.61. The number of benzene rings is 1. The zero-order valence-corrected chi connectivity index (χ0v) is 14.4. The van der Waals surface area contributed by atoms with Crippen LogP contribution < -0.4 is 16.6 Å². The van der Waals surface area contributed by atoms with E-state index < -0.39 is 11.6 Å². The van der Waals surface area contributed by atoms with Crippen molar-refractivity contribution in [1.29, 1.82) is 0 Å². The average molecular weight is 346 g/mol. The number of aromatic amines is 1. The van der Waals surface area contributed by atoms with Crippen LogP contribution in [-0.4, -0.2) is 14.8 Å². The Bertz CT molecular complexity index is 988. The highest BCUT2D eigenvalue weighted by molar-refractivity contribution is 5.76. The number of nitrogens with zero attached hydrogens (tertiary/aromatic N) is 2. The van der Waals surface area contributed by atoms with Crippen LogP contribution in [0.25, 0.3) is 11.5 Å². The van der Waals surface area contributed by atoms with Crippen molar-refractivity contribution < 1.29 is 8.81 Å². The molecule has 0 aliphatic heterocycles. The maximum absolute atomic E-state index is 14.0. The van der Waals surface area contributed by atoms with Gasteiger partial charge in [0.05, 0.1) is 16.9 Å². The molecular weight excluding hydrogens is 327 g/mol. The van der Waals surface area contributed by atoms with Crippen LogP contribution in [0.5, 0.6) is 0 Å². The largest absolute Gasteiger partial charge is 0.434 e. The number of nitrogens with one attached hydrogen (secondary N) is 2. The molecule has 3 aromatic rings. The Morgan fingerprint density at radius 3 is 2.52 bits per heavy atom. The quantitative estimate of drug-likeness (QED) is 0.760. The van der Waals surface area contributed by atoms with Crippen LogP contribution in [0.4, 0.5) is 15.8 Å². The average Bonchev–Trinajstić information content (AvgIpc) is 3.01. The fourth-order valence-electron chi connectivity index (χ4n) is 2.12. The zero-order chi connectivity index (χ0) is 18.6. The van der Waals surface area contributed by atoms with Gasteiger partial charge in [0, 0.05) is 19.3 Å². The molecular formula is C17H19FN4O3. The minimum Gasteiger partial charge on any atom is -0.388 e. The third-order valence-electron chi connectivity index (χ3n) is 3.29. The van der Waals surface area contributed by atoms with Crippen LogP contribution in [0.15, 0.2) is 44.5 Å². The third-order valence-corrected chi connectivity index (χ3v) is 3.29. The lowest BCUT2D eigenvalue weighted by atomic mass is 10.2. The van der Waals surface area contributed by atoms with Gasteiger partial charge in [0.25, 0.3) is 11.4 Å². The van der Waals surface area contributed by atoms with Crippen molar-refractivity contribution in [3.05, 3.63) is 62.7 Å². The molecule has 0 fully saturated rings. The summed E-state index contributed by atoms with van der Waals surface area (Å²) in [5, 5.41) is 8.73. The van der Waals surface area contributed by atoms with Gasteiger partial charge in [0.1, 0.15) is 5.82 Å². The molecule has 0 atom stereocenters. The molecule has 0 aliphatic rings. The summed E-state index contributed by atoms with van der Waals surface area (Å²) in [5.41, 5.74) is 1.30. The summed E-state index contributed by atoms with van der Waals surface area (Å²) in [7, 11) is 1.55. The van der Waals surface area contributed by atoms with Crippen molar-refractivity contribution in [3.8, 4) is 11.5 Å². The molecule has 0 saturated heterocycles. The fraction of sp³-hybridized carbons (Fsp3) is 0.235. The third kappa shape index (κ3) is 4.03. The van der Waals surface area contributed by atoms with Gasteiger partial charge >= 0.3 is 5.76 Å². The lowest BCUT2D eigenvalue weighted by molar-refractivity contribution is 0.526. The van der Waals surface area contributed by atoms with Gasteiger partial charge in [-0.2, -0.15) is 0 Å². The molecule has 132 valence electrons. The van der Waals surface area contributed by atoms with E-state index in [4.69, 9.17) is 4.42 Å². The molecule has 0 saturated carbocycles. The van der Waals surface area contributed by atoms with Crippen molar-refractivity contribution in [2.75, 3.05) is 5.32 Å². The van der Waals surface area contributed by atoms with Gasteiger partial charge in [0.2, 0.25) is 0 Å². The number of rotatable bonds is 3. The first-order chi connectivity index (χ1) is 11.9. The van der Waals surface area contributed by atoms with Gasteiger partial charge in [-0.25, -0.2) is 14.3 Å². The van der Waals surface area contributed by atoms with E-state index in [2.05, 4.69) is 15.5 Å². The van der Waals surface area contributed by atoms with Gasteiger partial charge in [-0.05, 0) is 24.6 Å². The highest BCUT2D eigenvalue weighted by Gasteiger charge is 2.15. The summed E-state index contributed by atoms with van der Waals surface area (Å²) in [6.07, 6.45) is 1.45. The summed E-state index contributed by atoms with van der Waals surface area (Å²) in [5.74, 6) is -1.18. The predicted octanol–water partition coefficient (Wildman–Crippen LogP) is 2.95. The van der Waals surface area contributed by atoms with Crippen LogP contribution in [0.2, 0.25) is 0 Å². The van der Waals surface area contributed by atoms with Crippen molar-refractivity contribution in [2.45, 2.75) is 20.8 Å². The summed E-state index contributed by atoms with van der Waals surface area (Å²) < 4.78 is 20.2. The number of aryl methyl sites for hydroxylation is 2. The summed E-state index contributed by atoms with van der Waals surface area (Å²) in [6.45, 7) is 5.77. The van der Waals surface area contributed by atoms with Gasteiger partial charge in [0.15, 0.2) is 0 Å². The van der Waals surface area contributed by atoms with E-state index in [9.17, 15) is 14.0 Å². The van der Waals surface area contributed by atoms with Crippen LogP contribution >= 0.6 is 0 Å². The number of hydrogen-bond acceptors (Lipinski definition) is 5. The molecule has 25 heavy (non-hydrogen) atoms. The van der Waals surface area contributed by atoms with Gasteiger partial charge < -0.3 is 14.3 Å². The molecule has 1 aromatic carbocycles. The molecule has 0 bridgehead atoms. The minimum atomic E-state index is -0.721. The van der Waals surface area contributed by atoms with Gasteiger partial charge in [-0.3, -0.25) is 4.79 Å².